The number of likely N-dealkylation sites (N-methyl/N-ethyl adjacent to an activating group) is 1. The average Bonchev–Trinajstić information content (AvgIpc) is 3.01. The van der Waals surface area contributed by atoms with E-state index < -0.39 is 0 Å². The molecule has 5 nitrogen and oxygen atoms in total. The van der Waals surface area contributed by atoms with Gasteiger partial charge in [-0.2, -0.15) is 0 Å². The molecule has 0 unspecified atom stereocenters. The highest BCUT2D eigenvalue weighted by Crippen LogP contribution is 2.19. The van der Waals surface area contributed by atoms with Gasteiger partial charge < -0.3 is 14.7 Å². The van der Waals surface area contributed by atoms with Gasteiger partial charge in [-0.25, -0.2) is 4.98 Å². The van der Waals surface area contributed by atoms with E-state index in [0.717, 1.165) is 38.5 Å². The molecule has 1 amide bonds. The minimum absolute atomic E-state index is 0.107. The summed E-state index contributed by atoms with van der Waals surface area (Å²) in [5.74, 6) is 1.10. The van der Waals surface area contributed by atoms with Gasteiger partial charge in [0.05, 0.1) is 5.56 Å². The lowest BCUT2D eigenvalue weighted by atomic mass is 10.1. The number of aromatic nitrogens is 1. The maximum Gasteiger partial charge on any atom is 0.255 e. The van der Waals surface area contributed by atoms with Gasteiger partial charge in [-0.1, -0.05) is 0 Å². The summed E-state index contributed by atoms with van der Waals surface area (Å²) in [6.07, 6.45) is 4.21. The molecule has 114 valence electrons. The summed E-state index contributed by atoms with van der Waals surface area (Å²) in [7, 11) is 2.10. The van der Waals surface area contributed by atoms with Crippen molar-refractivity contribution in [2.24, 2.45) is 0 Å². The van der Waals surface area contributed by atoms with E-state index in [-0.39, 0.29) is 11.9 Å². The Morgan fingerprint density at radius 3 is 2.57 bits per heavy atom. The Balaban J connectivity index is 1.69. The Hall–Kier alpha value is -1.62. The van der Waals surface area contributed by atoms with Gasteiger partial charge in [0.2, 0.25) is 0 Å². The zero-order valence-electron chi connectivity index (χ0n) is 13.0. The fourth-order valence-corrected chi connectivity index (χ4v) is 3.25. The van der Waals surface area contributed by atoms with E-state index in [4.69, 9.17) is 0 Å². The first kappa shape index (κ1) is 14.3. The topological polar surface area (TPSA) is 39.7 Å². The molecule has 0 spiro atoms. The molecule has 0 saturated carbocycles. The van der Waals surface area contributed by atoms with E-state index in [1.165, 1.54) is 12.8 Å². The fourth-order valence-electron chi connectivity index (χ4n) is 3.25. The van der Waals surface area contributed by atoms with Crippen LogP contribution in [0.4, 0.5) is 5.82 Å². The van der Waals surface area contributed by atoms with Crippen LogP contribution in [0.15, 0.2) is 18.3 Å². The molecule has 2 aliphatic heterocycles. The van der Waals surface area contributed by atoms with Crippen molar-refractivity contribution in [1.82, 2.24) is 14.8 Å². The minimum atomic E-state index is 0.107. The molecule has 0 N–H and O–H groups in total. The zero-order chi connectivity index (χ0) is 14.8. The van der Waals surface area contributed by atoms with Crippen LogP contribution in [0.5, 0.6) is 0 Å². The van der Waals surface area contributed by atoms with Crippen molar-refractivity contribution in [2.45, 2.75) is 25.8 Å². The number of carbonyl (C=O) groups excluding carboxylic acids is 1. The van der Waals surface area contributed by atoms with E-state index in [0.29, 0.717) is 5.56 Å². The molecule has 1 aromatic rings. The molecule has 2 fully saturated rings. The van der Waals surface area contributed by atoms with E-state index >= 15 is 0 Å². The molecular formula is C16H24N4O. The van der Waals surface area contributed by atoms with Crippen molar-refractivity contribution in [3.05, 3.63) is 23.9 Å². The van der Waals surface area contributed by atoms with Crippen molar-refractivity contribution in [3.63, 3.8) is 0 Å². The highest BCUT2D eigenvalue weighted by Gasteiger charge is 2.26. The van der Waals surface area contributed by atoms with Crippen molar-refractivity contribution in [3.8, 4) is 0 Å². The number of hydrogen-bond acceptors (Lipinski definition) is 4. The van der Waals surface area contributed by atoms with Gasteiger partial charge in [0.15, 0.2) is 0 Å². The van der Waals surface area contributed by atoms with E-state index in [2.05, 4.69) is 28.8 Å². The quantitative estimate of drug-likeness (QED) is 0.826. The Morgan fingerprint density at radius 1 is 1.19 bits per heavy atom. The molecule has 3 rings (SSSR count). The van der Waals surface area contributed by atoms with Crippen molar-refractivity contribution >= 4 is 11.7 Å². The largest absolute Gasteiger partial charge is 0.357 e. The molecule has 0 aromatic carbocycles. The lowest BCUT2D eigenvalue weighted by Gasteiger charge is -2.38. The Bertz CT molecular complexity index is 496. The lowest BCUT2D eigenvalue weighted by Crippen LogP contribution is -2.52. The predicted octanol–water partition coefficient (Wildman–Crippen LogP) is 1.46. The second-order valence-corrected chi connectivity index (χ2v) is 6.21. The maximum absolute atomic E-state index is 12.6. The first-order chi connectivity index (χ1) is 10.1. The molecule has 0 bridgehead atoms. The summed E-state index contributed by atoms with van der Waals surface area (Å²) in [6.45, 7) is 6.94. The number of amides is 1. The fraction of sp³-hybridized carbons (Fsp3) is 0.625. The van der Waals surface area contributed by atoms with Gasteiger partial charge in [-0.05, 0) is 38.9 Å². The van der Waals surface area contributed by atoms with Crippen molar-refractivity contribution < 1.29 is 4.79 Å². The van der Waals surface area contributed by atoms with Gasteiger partial charge in [0, 0.05) is 45.0 Å². The molecule has 5 heteroatoms. The van der Waals surface area contributed by atoms with Gasteiger partial charge in [-0.3, -0.25) is 4.79 Å². The third-order valence-corrected chi connectivity index (χ3v) is 4.52. The van der Waals surface area contributed by atoms with Crippen LogP contribution in [0.1, 0.15) is 30.1 Å². The van der Waals surface area contributed by atoms with Crippen LogP contribution in [0.3, 0.4) is 0 Å². The number of pyridine rings is 1. The third kappa shape index (κ3) is 3.02. The second-order valence-electron chi connectivity index (χ2n) is 6.21. The van der Waals surface area contributed by atoms with Crippen LogP contribution in [0.25, 0.3) is 0 Å². The van der Waals surface area contributed by atoms with Crippen LogP contribution in [-0.2, 0) is 0 Å². The standard InChI is InChI=1S/C16H24N4O/c1-13-12-18(2)9-10-20(13)16(21)14-5-6-15(17-11-14)19-7-3-4-8-19/h5-6,11,13H,3-4,7-10,12H2,1-2H3/t13-/m1/s1. The third-order valence-electron chi connectivity index (χ3n) is 4.52. The predicted molar refractivity (Wildman–Crippen MR) is 83.7 cm³/mol. The summed E-state index contributed by atoms with van der Waals surface area (Å²) in [5, 5.41) is 0. The number of anilines is 1. The number of nitrogens with zero attached hydrogens (tertiary/aromatic N) is 4. The average molecular weight is 288 g/mol. The van der Waals surface area contributed by atoms with Gasteiger partial charge in [0.25, 0.3) is 5.91 Å². The Labute approximate surface area is 126 Å². The Morgan fingerprint density at radius 2 is 1.95 bits per heavy atom. The zero-order valence-corrected chi connectivity index (χ0v) is 13.0. The SMILES string of the molecule is C[C@@H]1CN(C)CCN1C(=O)c1ccc(N2CCCC2)nc1. The molecule has 2 aliphatic rings. The summed E-state index contributed by atoms with van der Waals surface area (Å²) < 4.78 is 0. The molecule has 0 radical (unpaired) electrons. The highest BCUT2D eigenvalue weighted by atomic mass is 16.2. The normalized spacial score (nSPS) is 23.6. The molecule has 2 saturated heterocycles. The minimum Gasteiger partial charge on any atom is -0.357 e. The number of carbonyl (C=O) groups is 1. The van der Waals surface area contributed by atoms with Crippen LogP contribution < -0.4 is 4.90 Å². The van der Waals surface area contributed by atoms with Crippen LogP contribution in [0.2, 0.25) is 0 Å². The van der Waals surface area contributed by atoms with Gasteiger partial charge >= 0.3 is 0 Å². The molecule has 1 atom stereocenters. The van der Waals surface area contributed by atoms with Crippen LogP contribution >= 0.6 is 0 Å². The summed E-state index contributed by atoms with van der Waals surface area (Å²) in [6, 6.07) is 4.17. The van der Waals surface area contributed by atoms with E-state index in [1.807, 2.05) is 17.0 Å². The molecule has 21 heavy (non-hydrogen) atoms. The van der Waals surface area contributed by atoms with Gasteiger partial charge in [-0.15, -0.1) is 0 Å². The van der Waals surface area contributed by atoms with E-state index in [1.54, 1.807) is 6.20 Å². The summed E-state index contributed by atoms with van der Waals surface area (Å²) in [4.78, 5) is 23.6. The van der Waals surface area contributed by atoms with Crippen LogP contribution in [0, 0.1) is 0 Å². The van der Waals surface area contributed by atoms with Crippen molar-refractivity contribution in [2.75, 3.05) is 44.7 Å². The lowest BCUT2D eigenvalue weighted by molar-refractivity contribution is 0.0533. The first-order valence-electron chi connectivity index (χ1n) is 7.85. The first-order valence-corrected chi connectivity index (χ1v) is 7.85. The second kappa shape index (κ2) is 6.02. The van der Waals surface area contributed by atoms with E-state index in [9.17, 15) is 4.79 Å². The van der Waals surface area contributed by atoms with Crippen LogP contribution in [-0.4, -0.2) is 66.5 Å². The number of rotatable bonds is 2. The van der Waals surface area contributed by atoms with Gasteiger partial charge in [0.1, 0.15) is 5.82 Å². The molecular weight excluding hydrogens is 264 g/mol. The summed E-state index contributed by atoms with van der Waals surface area (Å²) >= 11 is 0. The number of hydrogen-bond donors (Lipinski definition) is 0. The van der Waals surface area contributed by atoms with Crippen molar-refractivity contribution in [1.29, 1.82) is 0 Å². The number of piperazine rings is 1. The Kier molecular flexibility index (Phi) is 4.10. The smallest absolute Gasteiger partial charge is 0.255 e. The molecule has 0 aliphatic carbocycles. The maximum atomic E-state index is 12.6. The molecule has 3 heterocycles. The summed E-state index contributed by atoms with van der Waals surface area (Å²) in [5.41, 5.74) is 0.703. The highest BCUT2D eigenvalue weighted by molar-refractivity contribution is 5.94. The monoisotopic (exact) mass is 288 g/mol. The molecule has 1 aromatic heterocycles.